The van der Waals surface area contributed by atoms with Gasteiger partial charge in [-0.05, 0) is 70.6 Å². The van der Waals surface area contributed by atoms with Gasteiger partial charge in [-0.15, -0.1) is 0 Å². The van der Waals surface area contributed by atoms with Gasteiger partial charge in [0.2, 0.25) is 0 Å². The van der Waals surface area contributed by atoms with Gasteiger partial charge in [0.25, 0.3) is 0 Å². The van der Waals surface area contributed by atoms with E-state index in [2.05, 4.69) is 50.3 Å². The van der Waals surface area contributed by atoms with Crippen LogP contribution in [0.1, 0.15) is 181 Å². The number of carbonyl (C=O) groups is 2. The number of esters is 2. The van der Waals surface area contributed by atoms with E-state index in [4.69, 9.17) is 14.2 Å². The highest BCUT2D eigenvalue weighted by Crippen LogP contribution is 2.12. The molecule has 0 aliphatic carbocycles. The fraction of sp³-hybridized carbons (Fsp3) is 0.810. The molecule has 0 bridgehead atoms. The van der Waals surface area contributed by atoms with Crippen molar-refractivity contribution in [3.8, 4) is 0 Å². The molecule has 0 fully saturated rings. The molecule has 0 radical (unpaired) electrons. The Morgan fingerprint density at radius 3 is 1.20 bits per heavy atom. The summed E-state index contributed by atoms with van der Waals surface area (Å²) in [5, 5.41) is 19.3. The zero-order chi connectivity index (χ0) is 35.9. The minimum Gasteiger partial charge on any atom is -0.463 e. The fourth-order valence-electron chi connectivity index (χ4n) is 5.48. The third kappa shape index (κ3) is 35.7. The summed E-state index contributed by atoms with van der Waals surface area (Å²) in [6.45, 7) is 3.55. The molecule has 0 aromatic rings. The van der Waals surface area contributed by atoms with E-state index >= 15 is 0 Å². The maximum atomic E-state index is 12.2. The lowest BCUT2D eigenvalue weighted by atomic mass is 10.1. The fourth-order valence-corrected chi connectivity index (χ4v) is 5.48. The van der Waals surface area contributed by atoms with E-state index in [9.17, 15) is 19.8 Å². The van der Waals surface area contributed by atoms with Crippen LogP contribution in [0.3, 0.4) is 0 Å². The molecule has 0 aromatic heterocycles. The average Bonchev–Trinajstić information content (AvgIpc) is 3.11. The van der Waals surface area contributed by atoms with Gasteiger partial charge in [0.05, 0.1) is 13.2 Å². The third-order valence-corrected chi connectivity index (χ3v) is 8.63. The van der Waals surface area contributed by atoms with Gasteiger partial charge in [-0.25, -0.2) is 0 Å². The zero-order valence-electron chi connectivity index (χ0n) is 31.8. The number of hydrogen-bond acceptors (Lipinski definition) is 7. The van der Waals surface area contributed by atoms with E-state index < -0.39 is 12.2 Å². The van der Waals surface area contributed by atoms with Crippen LogP contribution in [0, 0.1) is 0 Å². The Labute approximate surface area is 301 Å². The van der Waals surface area contributed by atoms with Crippen LogP contribution in [0.2, 0.25) is 0 Å². The second kappa shape index (κ2) is 38.8. The predicted octanol–water partition coefficient (Wildman–Crippen LogP) is 10.7. The van der Waals surface area contributed by atoms with Gasteiger partial charge in [0, 0.05) is 12.8 Å². The van der Waals surface area contributed by atoms with Gasteiger partial charge in [0.15, 0.2) is 0 Å². The van der Waals surface area contributed by atoms with Crippen molar-refractivity contribution in [2.75, 3.05) is 26.4 Å². The lowest BCUT2D eigenvalue weighted by Crippen LogP contribution is -2.35. The first-order chi connectivity index (χ1) is 24.1. The minimum atomic E-state index is -0.783. The molecule has 2 atom stereocenters. The summed E-state index contributed by atoms with van der Waals surface area (Å²) in [5.74, 6) is -0.635. The topological polar surface area (TPSA) is 102 Å². The molecule has 0 aromatic carbocycles. The first kappa shape index (κ1) is 47.0. The average molecular weight is 693 g/mol. The van der Waals surface area contributed by atoms with Crippen molar-refractivity contribution in [3.63, 3.8) is 0 Å². The molecule has 2 N–H and O–H groups in total. The van der Waals surface area contributed by atoms with E-state index in [1.807, 2.05) is 0 Å². The summed E-state index contributed by atoms with van der Waals surface area (Å²) in [5.41, 5.74) is 0. The molecule has 0 saturated heterocycles. The third-order valence-electron chi connectivity index (χ3n) is 8.63. The van der Waals surface area contributed by atoms with E-state index in [1.54, 1.807) is 0 Å². The first-order valence-corrected chi connectivity index (χ1v) is 20.2. The molecule has 0 spiro atoms. The van der Waals surface area contributed by atoms with Crippen LogP contribution in [-0.2, 0) is 23.8 Å². The molecule has 0 aliphatic rings. The Balaban J connectivity index is 3.79. The summed E-state index contributed by atoms with van der Waals surface area (Å²) < 4.78 is 16.2. The molecule has 7 heteroatoms. The Hall–Kier alpha value is -1.96. The van der Waals surface area contributed by atoms with Crippen molar-refractivity contribution in [1.82, 2.24) is 0 Å². The number of aliphatic hydroxyl groups excluding tert-OH is 2. The number of unbranched alkanes of at least 4 members (excludes halogenated alkanes) is 19. The van der Waals surface area contributed by atoms with Crippen molar-refractivity contribution >= 4 is 11.9 Å². The van der Waals surface area contributed by atoms with E-state index in [0.29, 0.717) is 12.8 Å². The second-order valence-electron chi connectivity index (χ2n) is 13.4. The van der Waals surface area contributed by atoms with Crippen LogP contribution in [-0.4, -0.2) is 60.8 Å². The smallest absolute Gasteiger partial charge is 0.305 e. The van der Waals surface area contributed by atoms with Gasteiger partial charge < -0.3 is 24.4 Å². The standard InChI is InChI=1S/C42H76O7/c1-3-5-7-9-11-13-15-17-19-21-23-25-27-29-31-33-41(45)47-37-39(35-43)49-40(36-44)38-48-42(46)34-32-30-28-26-24-22-20-18-16-14-12-10-8-6-4-2/h11,13,17-20,39-40,43-44H,3-10,12,14-16,21-38H2,1-2H3. The second-order valence-corrected chi connectivity index (χ2v) is 13.4. The number of carbonyl (C=O) groups excluding carboxylic acids is 2. The van der Waals surface area contributed by atoms with Crippen molar-refractivity contribution in [1.29, 1.82) is 0 Å². The Morgan fingerprint density at radius 1 is 0.469 bits per heavy atom. The molecule has 2 unspecified atom stereocenters. The monoisotopic (exact) mass is 693 g/mol. The van der Waals surface area contributed by atoms with E-state index in [-0.39, 0.29) is 38.4 Å². The van der Waals surface area contributed by atoms with Crippen LogP contribution in [0.25, 0.3) is 0 Å². The lowest BCUT2D eigenvalue weighted by Gasteiger charge is -2.22. The molecule has 7 nitrogen and oxygen atoms in total. The first-order valence-electron chi connectivity index (χ1n) is 20.2. The SMILES string of the molecule is CCCCCC=CCC=CCCCCCCCC(=O)OCC(CO)OC(CO)COC(=O)CCCCCCCC=CCCCCCCCC. The maximum Gasteiger partial charge on any atom is 0.305 e. The summed E-state index contributed by atoms with van der Waals surface area (Å²) in [6.07, 6.45) is 40.7. The van der Waals surface area contributed by atoms with Gasteiger partial charge in [-0.1, -0.05) is 134 Å². The highest BCUT2D eigenvalue weighted by molar-refractivity contribution is 5.69. The summed E-state index contributed by atoms with van der Waals surface area (Å²) in [6, 6.07) is 0. The molecular formula is C42H76O7. The van der Waals surface area contributed by atoms with Crippen molar-refractivity contribution < 1.29 is 34.0 Å². The van der Waals surface area contributed by atoms with Crippen LogP contribution < -0.4 is 0 Å². The quantitative estimate of drug-likeness (QED) is 0.0379. The molecule has 0 aliphatic heterocycles. The number of aliphatic hydroxyl groups is 2. The highest BCUT2D eigenvalue weighted by Gasteiger charge is 2.19. The largest absolute Gasteiger partial charge is 0.463 e. The van der Waals surface area contributed by atoms with Crippen LogP contribution in [0.15, 0.2) is 36.5 Å². The van der Waals surface area contributed by atoms with Gasteiger partial charge in [0.1, 0.15) is 25.4 Å². The van der Waals surface area contributed by atoms with Crippen LogP contribution >= 0.6 is 0 Å². The minimum absolute atomic E-state index is 0.100. The lowest BCUT2D eigenvalue weighted by molar-refractivity contribution is -0.160. The van der Waals surface area contributed by atoms with E-state index in [1.165, 1.54) is 83.5 Å². The number of hydrogen-bond donors (Lipinski definition) is 2. The van der Waals surface area contributed by atoms with Crippen molar-refractivity contribution in [3.05, 3.63) is 36.5 Å². The molecular weight excluding hydrogens is 616 g/mol. The molecule has 0 heterocycles. The predicted molar refractivity (Wildman–Crippen MR) is 204 cm³/mol. The Kier molecular flexibility index (Phi) is 37.3. The normalized spacial score (nSPS) is 13.1. The van der Waals surface area contributed by atoms with Crippen molar-refractivity contribution in [2.45, 2.75) is 193 Å². The molecule has 0 amide bonds. The van der Waals surface area contributed by atoms with Crippen molar-refractivity contribution in [2.24, 2.45) is 0 Å². The van der Waals surface area contributed by atoms with E-state index in [0.717, 1.165) is 70.6 Å². The zero-order valence-corrected chi connectivity index (χ0v) is 31.8. The molecule has 0 saturated carbocycles. The Bertz CT molecular complexity index is 807. The Morgan fingerprint density at radius 2 is 0.796 bits per heavy atom. The summed E-state index contributed by atoms with van der Waals surface area (Å²) in [4.78, 5) is 24.3. The number of allylic oxidation sites excluding steroid dienone is 6. The molecule has 49 heavy (non-hydrogen) atoms. The van der Waals surface area contributed by atoms with Gasteiger partial charge in [-0.3, -0.25) is 9.59 Å². The summed E-state index contributed by atoms with van der Waals surface area (Å²) >= 11 is 0. The molecule has 0 rings (SSSR count). The van der Waals surface area contributed by atoms with Gasteiger partial charge >= 0.3 is 11.9 Å². The van der Waals surface area contributed by atoms with Crippen LogP contribution in [0.5, 0.6) is 0 Å². The number of ether oxygens (including phenoxy) is 3. The maximum absolute atomic E-state index is 12.2. The molecule has 286 valence electrons. The summed E-state index contributed by atoms with van der Waals surface area (Å²) in [7, 11) is 0. The van der Waals surface area contributed by atoms with Gasteiger partial charge in [-0.2, -0.15) is 0 Å². The highest BCUT2D eigenvalue weighted by atomic mass is 16.6. The number of rotatable bonds is 37. The van der Waals surface area contributed by atoms with Crippen LogP contribution in [0.4, 0.5) is 0 Å².